The molecular weight excluding hydrogens is 358 g/mol. The number of aliphatic imine (C=N–C) groups is 1. The highest BCUT2D eigenvalue weighted by Gasteiger charge is 2.43. The van der Waals surface area contributed by atoms with E-state index in [9.17, 15) is 0 Å². The third-order valence-electron chi connectivity index (χ3n) is 4.30. The van der Waals surface area contributed by atoms with E-state index in [2.05, 4.69) is 83.8 Å². The molecule has 3 rings (SSSR count). The average Bonchev–Trinajstić information content (AvgIpc) is 3.21. The Hall–Kier alpha value is -2.02. The largest absolute Gasteiger partial charge is 0.357 e. The van der Waals surface area contributed by atoms with E-state index < -0.39 is 0 Å². The molecule has 1 fully saturated rings. The lowest BCUT2D eigenvalue weighted by Crippen LogP contribution is -2.41. The van der Waals surface area contributed by atoms with E-state index in [0.717, 1.165) is 19.0 Å². The topological polar surface area (TPSA) is 75.3 Å². The van der Waals surface area contributed by atoms with Crippen LogP contribution in [0.3, 0.4) is 0 Å². The zero-order chi connectivity index (χ0) is 19.3. The van der Waals surface area contributed by atoms with Crippen molar-refractivity contribution in [2.75, 3.05) is 13.1 Å². The predicted molar refractivity (Wildman–Crippen MR) is 110 cm³/mol. The van der Waals surface area contributed by atoms with Gasteiger partial charge in [-0.05, 0) is 31.9 Å². The van der Waals surface area contributed by atoms with Gasteiger partial charge in [0.25, 0.3) is 0 Å². The van der Waals surface area contributed by atoms with Crippen LogP contribution >= 0.6 is 11.8 Å². The summed E-state index contributed by atoms with van der Waals surface area (Å²) in [6, 6.07) is 10.6. The summed E-state index contributed by atoms with van der Waals surface area (Å²) >= 11 is 1.95. The van der Waals surface area contributed by atoms with E-state index in [1.165, 1.54) is 17.7 Å². The second-order valence-corrected chi connectivity index (χ2v) is 9.45. The van der Waals surface area contributed by atoms with Crippen molar-refractivity contribution in [3.63, 3.8) is 0 Å². The Labute approximate surface area is 165 Å². The molecule has 0 amide bonds. The lowest BCUT2D eigenvalue weighted by molar-refractivity contribution is 0.318. The van der Waals surface area contributed by atoms with Gasteiger partial charge in [-0.25, -0.2) is 4.99 Å². The van der Waals surface area contributed by atoms with Crippen LogP contribution < -0.4 is 10.6 Å². The van der Waals surface area contributed by atoms with Gasteiger partial charge in [0.15, 0.2) is 11.8 Å². The zero-order valence-electron chi connectivity index (χ0n) is 16.6. The third kappa shape index (κ3) is 5.73. The summed E-state index contributed by atoms with van der Waals surface area (Å²) in [6.45, 7) is 10.3. The van der Waals surface area contributed by atoms with E-state index in [1.54, 1.807) is 0 Å². The van der Waals surface area contributed by atoms with E-state index in [-0.39, 0.29) is 10.2 Å². The van der Waals surface area contributed by atoms with Crippen molar-refractivity contribution in [2.24, 2.45) is 4.99 Å². The van der Waals surface area contributed by atoms with Crippen LogP contribution in [0, 0.1) is 0 Å². The number of hydrogen-bond acceptors (Lipinski definition) is 5. The minimum absolute atomic E-state index is 0.148. The highest BCUT2D eigenvalue weighted by atomic mass is 32.2. The highest BCUT2D eigenvalue weighted by molar-refractivity contribution is 8.01. The Balaban J connectivity index is 1.57. The molecule has 2 N–H and O–H groups in total. The molecule has 0 aliphatic heterocycles. The molecule has 1 aromatic carbocycles. The van der Waals surface area contributed by atoms with Gasteiger partial charge >= 0.3 is 0 Å². The van der Waals surface area contributed by atoms with Crippen LogP contribution in [0.1, 0.15) is 52.3 Å². The van der Waals surface area contributed by atoms with Gasteiger partial charge in [-0.2, -0.15) is 4.98 Å². The fourth-order valence-corrected chi connectivity index (χ4v) is 3.80. The number of hydrogen-bond donors (Lipinski definition) is 2. The normalized spacial score (nSPS) is 16.2. The number of nitrogens with zero attached hydrogens (tertiary/aromatic N) is 3. The first-order valence-corrected chi connectivity index (χ1v) is 10.3. The van der Waals surface area contributed by atoms with Gasteiger partial charge in [0.2, 0.25) is 5.89 Å². The van der Waals surface area contributed by atoms with Crippen molar-refractivity contribution in [2.45, 2.75) is 62.1 Å². The Morgan fingerprint density at radius 3 is 2.56 bits per heavy atom. The van der Waals surface area contributed by atoms with E-state index in [4.69, 9.17) is 4.52 Å². The molecule has 1 heterocycles. The average molecular weight is 388 g/mol. The monoisotopic (exact) mass is 387 g/mol. The molecule has 2 aromatic rings. The van der Waals surface area contributed by atoms with Crippen LogP contribution in [-0.2, 0) is 12.0 Å². The summed E-state index contributed by atoms with van der Waals surface area (Å²) in [5, 5.41) is 10.8. The minimum Gasteiger partial charge on any atom is -0.357 e. The second-order valence-electron chi connectivity index (χ2n) is 7.91. The standard InChI is InChI=1S/C20H29N5OS/c1-5-21-18(22-13-16-24-17(26-25-16)19(2,3)4)23-14-20(11-12-20)27-15-9-7-6-8-10-15/h6-10H,5,11-14H2,1-4H3,(H2,21,22,23). The van der Waals surface area contributed by atoms with E-state index in [0.29, 0.717) is 18.3 Å². The van der Waals surface area contributed by atoms with Crippen LogP contribution in [0.25, 0.3) is 0 Å². The van der Waals surface area contributed by atoms with Crippen molar-refractivity contribution < 1.29 is 4.52 Å². The molecule has 1 aliphatic rings. The predicted octanol–water partition coefficient (Wildman–Crippen LogP) is 3.75. The molecule has 7 heteroatoms. The fraction of sp³-hybridized carbons (Fsp3) is 0.550. The molecule has 0 spiro atoms. The van der Waals surface area contributed by atoms with Gasteiger partial charge in [-0.1, -0.05) is 44.1 Å². The van der Waals surface area contributed by atoms with Gasteiger partial charge in [0.1, 0.15) is 6.54 Å². The van der Waals surface area contributed by atoms with Crippen LogP contribution in [0.15, 0.2) is 44.7 Å². The molecule has 27 heavy (non-hydrogen) atoms. The van der Waals surface area contributed by atoms with Crippen LogP contribution in [0.4, 0.5) is 0 Å². The molecule has 1 aliphatic carbocycles. The molecule has 1 saturated carbocycles. The van der Waals surface area contributed by atoms with Crippen molar-refractivity contribution in [1.82, 2.24) is 20.8 Å². The Morgan fingerprint density at radius 2 is 1.96 bits per heavy atom. The minimum atomic E-state index is -0.148. The smallest absolute Gasteiger partial charge is 0.232 e. The van der Waals surface area contributed by atoms with Crippen LogP contribution in [0.5, 0.6) is 0 Å². The summed E-state index contributed by atoms with van der Waals surface area (Å²) < 4.78 is 5.60. The maximum Gasteiger partial charge on any atom is 0.232 e. The summed E-state index contributed by atoms with van der Waals surface area (Å²) in [5.74, 6) is 2.04. The van der Waals surface area contributed by atoms with Crippen LogP contribution in [-0.4, -0.2) is 33.9 Å². The lowest BCUT2D eigenvalue weighted by Gasteiger charge is -2.18. The van der Waals surface area contributed by atoms with Gasteiger partial charge in [-0.15, -0.1) is 11.8 Å². The summed E-state index contributed by atoms with van der Waals surface area (Å²) in [4.78, 5) is 10.4. The molecule has 0 atom stereocenters. The van der Waals surface area contributed by atoms with E-state index >= 15 is 0 Å². The molecular formula is C20H29N5OS. The fourth-order valence-electron chi connectivity index (χ4n) is 2.55. The van der Waals surface area contributed by atoms with Crippen LogP contribution in [0.2, 0.25) is 0 Å². The van der Waals surface area contributed by atoms with Gasteiger partial charge in [0.05, 0.1) is 0 Å². The number of guanidine groups is 1. The maximum absolute atomic E-state index is 5.34. The second kappa shape index (κ2) is 8.33. The molecule has 0 radical (unpaired) electrons. The van der Waals surface area contributed by atoms with Gasteiger partial charge in [-0.3, -0.25) is 0 Å². The lowest BCUT2D eigenvalue weighted by atomic mass is 9.97. The number of nitrogens with one attached hydrogen (secondary N) is 2. The Bertz CT molecular complexity index is 762. The third-order valence-corrected chi connectivity index (χ3v) is 5.79. The first-order chi connectivity index (χ1) is 12.9. The molecule has 0 bridgehead atoms. The molecule has 146 valence electrons. The molecule has 6 nitrogen and oxygen atoms in total. The first-order valence-electron chi connectivity index (χ1n) is 9.49. The zero-order valence-corrected chi connectivity index (χ0v) is 17.4. The quantitative estimate of drug-likeness (QED) is 0.557. The Kier molecular flexibility index (Phi) is 6.09. The SMILES string of the molecule is CCNC(=NCc1noc(C(C)(C)C)n1)NCC1(Sc2ccccc2)CC1. The van der Waals surface area contributed by atoms with E-state index in [1.807, 2.05) is 11.8 Å². The number of rotatable bonds is 7. The van der Waals surface area contributed by atoms with Gasteiger partial charge in [0, 0.05) is 28.1 Å². The van der Waals surface area contributed by atoms with Crippen molar-refractivity contribution in [3.8, 4) is 0 Å². The Morgan fingerprint density at radius 1 is 1.22 bits per heavy atom. The summed E-state index contributed by atoms with van der Waals surface area (Å²) in [7, 11) is 0. The summed E-state index contributed by atoms with van der Waals surface area (Å²) in [6.07, 6.45) is 2.44. The molecule has 0 saturated heterocycles. The van der Waals surface area contributed by atoms with Crippen molar-refractivity contribution in [3.05, 3.63) is 42.0 Å². The van der Waals surface area contributed by atoms with Crippen molar-refractivity contribution in [1.29, 1.82) is 0 Å². The maximum atomic E-state index is 5.34. The molecule has 1 aromatic heterocycles. The summed E-state index contributed by atoms with van der Waals surface area (Å²) in [5.41, 5.74) is -0.148. The highest BCUT2D eigenvalue weighted by Crippen LogP contribution is 2.51. The van der Waals surface area contributed by atoms with Gasteiger partial charge < -0.3 is 15.2 Å². The number of thioether (sulfide) groups is 1. The van der Waals surface area contributed by atoms with Crippen molar-refractivity contribution >= 4 is 17.7 Å². The number of benzene rings is 1. The molecule has 0 unspecified atom stereocenters. The number of aromatic nitrogens is 2. The first kappa shape index (κ1) is 19.7.